The van der Waals surface area contributed by atoms with Crippen molar-refractivity contribution in [1.29, 1.82) is 0 Å². The van der Waals surface area contributed by atoms with Crippen LogP contribution in [0, 0.1) is 23.2 Å². The number of nitrogens with one attached hydrogen (secondary N) is 1. The molecule has 6 heteroatoms. The molecule has 1 saturated carbocycles. The zero-order valence-corrected chi connectivity index (χ0v) is 14.8. The van der Waals surface area contributed by atoms with Gasteiger partial charge in [0.1, 0.15) is 0 Å². The van der Waals surface area contributed by atoms with Gasteiger partial charge in [-0.3, -0.25) is 4.79 Å². The largest absolute Gasteiger partial charge is 1.00 e. The van der Waals surface area contributed by atoms with Crippen LogP contribution in [0.4, 0.5) is 0 Å². The van der Waals surface area contributed by atoms with E-state index in [0.717, 1.165) is 19.3 Å². The van der Waals surface area contributed by atoms with E-state index in [4.69, 9.17) is 12.2 Å². The Morgan fingerprint density at radius 1 is 1.47 bits per heavy atom. The first kappa shape index (κ1) is 17.1. The number of amides is 1. The van der Waals surface area contributed by atoms with E-state index in [1.54, 1.807) is 0 Å². The van der Waals surface area contributed by atoms with Crippen molar-refractivity contribution in [2.24, 2.45) is 28.2 Å². The molecule has 4 unspecified atom stereocenters. The van der Waals surface area contributed by atoms with Crippen molar-refractivity contribution >= 4 is 29.1 Å². The zero-order valence-electron chi connectivity index (χ0n) is 12.0. The van der Waals surface area contributed by atoms with Gasteiger partial charge in [-0.15, -0.1) is 0 Å². The summed E-state index contributed by atoms with van der Waals surface area (Å²) in [5, 5.41) is 15.0. The number of aliphatic imine (C=N–C) groups is 1. The maximum Gasteiger partial charge on any atom is 1.00 e. The second-order valence-corrected chi connectivity index (χ2v) is 5.73. The van der Waals surface area contributed by atoms with E-state index in [-0.39, 0.29) is 58.3 Å². The molecule has 1 N–H and O–H groups in total. The minimum Gasteiger partial charge on any atom is -0.861 e. The van der Waals surface area contributed by atoms with Crippen LogP contribution in [0.15, 0.2) is 4.99 Å². The molecular weight excluding hydrogens is 271 g/mol. The van der Waals surface area contributed by atoms with Crippen molar-refractivity contribution in [3.8, 4) is 0 Å². The van der Waals surface area contributed by atoms with Crippen LogP contribution in [0.2, 0.25) is 0 Å². The molecule has 0 aromatic rings. The van der Waals surface area contributed by atoms with E-state index in [1.807, 2.05) is 13.8 Å². The van der Waals surface area contributed by atoms with Crippen molar-refractivity contribution in [3.05, 3.63) is 0 Å². The quantitative estimate of drug-likeness (QED) is 0.484. The van der Waals surface area contributed by atoms with Gasteiger partial charge < -0.3 is 10.4 Å². The van der Waals surface area contributed by atoms with Crippen LogP contribution in [0.3, 0.4) is 0 Å². The third-order valence-electron chi connectivity index (χ3n) is 4.83. The van der Waals surface area contributed by atoms with Gasteiger partial charge in [0.15, 0.2) is 5.11 Å². The van der Waals surface area contributed by atoms with E-state index in [1.165, 1.54) is 0 Å². The first-order chi connectivity index (χ1) is 8.48. The van der Waals surface area contributed by atoms with Crippen LogP contribution in [0.5, 0.6) is 0 Å². The average molecular weight is 290 g/mol. The Balaban J connectivity index is 0.00000180. The molecule has 19 heavy (non-hydrogen) atoms. The molecule has 1 aliphatic carbocycles. The first-order valence-electron chi connectivity index (χ1n) is 6.59. The van der Waals surface area contributed by atoms with Gasteiger partial charge in [-0.25, -0.2) is 4.99 Å². The van der Waals surface area contributed by atoms with Crippen LogP contribution in [-0.4, -0.2) is 16.9 Å². The Labute approximate surface area is 141 Å². The molecule has 0 saturated heterocycles. The molecule has 1 aliphatic heterocycles. The standard InChI is InChI=1S/C13H20N2O2S.Na/c1-4-8-6-9(5-2)13(7(8)3)10(16)14-12(18)15-11(13)17;/h7-9H,4-6H2,1-3H3,(H2,14,15,16,17,18);/q;+1/p-1. The number of nitrogens with zero attached hydrogens (tertiary/aromatic N) is 1. The zero-order chi connectivity index (χ0) is 13.5. The number of carbonyl (C=O) groups excluding carboxylic acids is 1. The fourth-order valence-electron chi connectivity index (χ4n) is 3.78. The molecule has 4 nitrogen and oxygen atoms in total. The number of carbonyl (C=O) groups is 1. The van der Waals surface area contributed by atoms with E-state index < -0.39 is 5.41 Å². The third kappa shape index (κ3) is 2.39. The van der Waals surface area contributed by atoms with Gasteiger partial charge >= 0.3 is 29.6 Å². The molecule has 100 valence electrons. The molecule has 1 fully saturated rings. The van der Waals surface area contributed by atoms with Crippen LogP contribution in [0.25, 0.3) is 0 Å². The molecule has 2 aliphatic rings. The molecular formula is C13H19N2NaO2S. The minimum absolute atomic E-state index is 0. The van der Waals surface area contributed by atoms with Gasteiger partial charge in [0.2, 0.25) is 5.91 Å². The smallest absolute Gasteiger partial charge is 0.861 e. The molecule has 0 aromatic heterocycles. The number of rotatable bonds is 2. The van der Waals surface area contributed by atoms with Gasteiger partial charge in [0.25, 0.3) is 0 Å². The van der Waals surface area contributed by atoms with Gasteiger partial charge in [-0.05, 0) is 42.3 Å². The topological polar surface area (TPSA) is 64.5 Å². The maximum absolute atomic E-state index is 12.4. The maximum atomic E-state index is 12.4. The third-order valence-corrected chi connectivity index (χ3v) is 5.02. The summed E-state index contributed by atoms with van der Waals surface area (Å²) in [4.78, 5) is 16.2. The van der Waals surface area contributed by atoms with Gasteiger partial charge in [0.05, 0.1) is 5.41 Å². The summed E-state index contributed by atoms with van der Waals surface area (Å²) in [7, 11) is 0. The Bertz CT molecular complexity index is 423. The van der Waals surface area contributed by atoms with Crippen molar-refractivity contribution in [2.45, 2.75) is 40.0 Å². The predicted molar refractivity (Wildman–Crippen MR) is 72.0 cm³/mol. The summed E-state index contributed by atoms with van der Waals surface area (Å²) < 4.78 is 0. The van der Waals surface area contributed by atoms with E-state index in [2.05, 4.69) is 17.2 Å². The fraction of sp³-hybridized carbons (Fsp3) is 0.769. The SMILES string of the molecule is CCC1CC(CC)C2(C(=O)NC(=S)N=C2[O-])C1C.[Na+]. The molecule has 1 heterocycles. The van der Waals surface area contributed by atoms with E-state index >= 15 is 0 Å². The first-order valence-corrected chi connectivity index (χ1v) is 7.00. The molecule has 0 bridgehead atoms. The second kappa shape index (κ2) is 6.20. The fourth-order valence-corrected chi connectivity index (χ4v) is 3.96. The van der Waals surface area contributed by atoms with Gasteiger partial charge in [-0.1, -0.05) is 33.6 Å². The van der Waals surface area contributed by atoms with Crippen molar-refractivity contribution in [2.75, 3.05) is 0 Å². The Hall–Kier alpha value is 0.0300. The van der Waals surface area contributed by atoms with Crippen molar-refractivity contribution < 1.29 is 39.5 Å². The normalized spacial score (nSPS) is 37.8. The van der Waals surface area contributed by atoms with Crippen molar-refractivity contribution in [3.63, 3.8) is 0 Å². The summed E-state index contributed by atoms with van der Waals surface area (Å²) in [5.74, 6) is -0.0375. The molecule has 4 atom stereocenters. The molecule has 1 spiro atoms. The minimum atomic E-state index is -0.974. The van der Waals surface area contributed by atoms with Crippen LogP contribution >= 0.6 is 12.2 Å². The number of hydrogen-bond acceptors (Lipinski definition) is 3. The van der Waals surface area contributed by atoms with Crippen LogP contribution in [-0.2, 0) is 4.79 Å². The molecule has 0 radical (unpaired) electrons. The number of thiocarbonyl (C=S) groups is 1. The molecule has 2 rings (SSSR count). The molecule has 0 aromatic carbocycles. The Morgan fingerprint density at radius 3 is 2.58 bits per heavy atom. The summed E-state index contributed by atoms with van der Waals surface area (Å²) >= 11 is 4.83. The average Bonchev–Trinajstić information content (AvgIpc) is 2.60. The Morgan fingerprint density at radius 2 is 2.11 bits per heavy atom. The predicted octanol–water partition coefficient (Wildman–Crippen LogP) is -1.76. The van der Waals surface area contributed by atoms with Crippen LogP contribution < -0.4 is 40.0 Å². The van der Waals surface area contributed by atoms with Gasteiger partial charge in [-0.2, -0.15) is 0 Å². The summed E-state index contributed by atoms with van der Waals surface area (Å²) in [5.41, 5.74) is -0.974. The van der Waals surface area contributed by atoms with E-state index in [0.29, 0.717) is 5.92 Å². The number of hydrogen-bond donors (Lipinski definition) is 1. The summed E-state index contributed by atoms with van der Waals surface area (Å²) in [6.45, 7) is 6.15. The van der Waals surface area contributed by atoms with Crippen LogP contribution in [0.1, 0.15) is 40.0 Å². The summed E-state index contributed by atoms with van der Waals surface area (Å²) in [6.07, 6.45) is 2.74. The second-order valence-electron chi connectivity index (χ2n) is 5.34. The van der Waals surface area contributed by atoms with Gasteiger partial charge in [0, 0.05) is 0 Å². The monoisotopic (exact) mass is 290 g/mol. The van der Waals surface area contributed by atoms with E-state index in [9.17, 15) is 9.90 Å². The Kier molecular flexibility index (Phi) is 5.58. The van der Waals surface area contributed by atoms with Crippen molar-refractivity contribution in [1.82, 2.24) is 5.32 Å². The summed E-state index contributed by atoms with van der Waals surface area (Å²) in [6, 6.07) is 0. The molecule has 1 amide bonds.